The second kappa shape index (κ2) is 3.72. The quantitative estimate of drug-likeness (QED) is 0.801. The van der Waals surface area contributed by atoms with Gasteiger partial charge in [-0.3, -0.25) is 0 Å². The monoisotopic (exact) mass is 193 g/mol. The molecule has 0 bridgehead atoms. The third-order valence-corrected chi connectivity index (χ3v) is 2.84. The lowest BCUT2D eigenvalue weighted by Crippen LogP contribution is -1.95. The Bertz CT molecular complexity index is 364. The molecule has 0 spiro atoms. The second-order valence-electron chi connectivity index (χ2n) is 2.86. The minimum atomic E-state index is 0.634. The zero-order valence-corrected chi connectivity index (χ0v) is 8.00. The van der Waals surface area contributed by atoms with Crippen LogP contribution in [0.15, 0.2) is 30.2 Å². The molecule has 0 amide bonds. The number of nitrogens with zero attached hydrogens (tertiary/aromatic N) is 2. The summed E-state index contributed by atoms with van der Waals surface area (Å²) in [5, 5.41) is 2.14. The molecule has 0 saturated heterocycles. The van der Waals surface area contributed by atoms with Crippen molar-refractivity contribution in [3.63, 3.8) is 0 Å². The third kappa shape index (κ3) is 1.96. The molecule has 2 aromatic rings. The van der Waals surface area contributed by atoms with Gasteiger partial charge in [0.2, 0.25) is 0 Å². The summed E-state index contributed by atoms with van der Waals surface area (Å²) in [5.41, 5.74) is 6.82. The van der Waals surface area contributed by atoms with E-state index in [2.05, 4.69) is 16.4 Å². The zero-order chi connectivity index (χ0) is 9.10. The molecular formula is C9H11N3S. The predicted molar refractivity (Wildman–Crippen MR) is 53.5 cm³/mol. The first-order chi connectivity index (χ1) is 6.38. The van der Waals surface area contributed by atoms with Crippen LogP contribution in [0.1, 0.15) is 10.4 Å². The maximum Gasteiger partial charge on any atom is 0.0949 e. The van der Waals surface area contributed by atoms with Gasteiger partial charge in [0.25, 0.3) is 0 Å². The Morgan fingerprint density at radius 2 is 2.46 bits per heavy atom. The minimum Gasteiger partial charge on any atom is -0.333 e. The lowest BCUT2D eigenvalue weighted by atomic mass is 10.3. The molecule has 4 heteroatoms. The summed E-state index contributed by atoms with van der Waals surface area (Å²) >= 11 is 1.71. The van der Waals surface area contributed by atoms with Crippen LogP contribution in [0.3, 0.4) is 0 Å². The Balaban J connectivity index is 2.10. The van der Waals surface area contributed by atoms with E-state index in [0.29, 0.717) is 6.54 Å². The highest BCUT2D eigenvalue weighted by Gasteiger charge is 1.98. The number of thiophene rings is 1. The predicted octanol–water partition coefficient (Wildman–Crippen LogP) is 1.45. The van der Waals surface area contributed by atoms with Crippen molar-refractivity contribution in [1.29, 1.82) is 0 Å². The summed E-state index contributed by atoms with van der Waals surface area (Å²) in [6.45, 7) is 1.52. The van der Waals surface area contributed by atoms with E-state index in [1.807, 2.05) is 17.1 Å². The van der Waals surface area contributed by atoms with Gasteiger partial charge in [0.05, 0.1) is 6.33 Å². The molecule has 13 heavy (non-hydrogen) atoms. The van der Waals surface area contributed by atoms with E-state index in [1.54, 1.807) is 17.5 Å². The van der Waals surface area contributed by atoms with Crippen molar-refractivity contribution >= 4 is 11.3 Å². The van der Waals surface area contributed by atoms with Crippen LogP contribution in [0.4, 0.5) is 0 Å². The number of hydrogen-bond donors (Lipinski definition) is 1. The van der Waals surface area contributed by atoms with Crippen LogP contribution in [-0.2, 0) is 13.1 Å². The highest BCUT2D eigenvalue weighted by molar-refractivity contribution is 7.10. The summed E-state index contributed by atoms with van der Waals surface area (Å²) in [5.74, 6) is 0. The van der Waals surface area contributed by atoms with Gasteiger partial charge >= 0.3 is 0 Å². The molecule has 0 saturated carbocycles. The minimum absolute atomic E-state index is 0.634. The Morgan fingerprint density at radius 3 is 3.08 bits per heavy atom. The van der Waals surface area contributed by atoms with Gasteiger partial charge in [-0.25, -0.2) is 4.98 Å². The third-order valence-electron chi connectivity index (χ3n) is 1.83. The van der Waals surface area contributed by atoms with Crippen molar-refractivity contribution in [2.75, 3.05) is 0 Å². The molecule has 0 aliphatic rings. The van der Waals surface area contributed by atoms with E-state index >= 15 is 0 Å². The van der Waals surface area contributed by atoms with Gasteiger partial charge in [0, 0.05) is 30.4 Å². The van der Waals surface area contributed by atoms with E-state index in [4.69, 9.17) is 5.73 Å². The highest BCUT2D eigenvalue weighted by Crippen LogP contribution is 2.14. The maximum atomic E-state index is 5.53. The summed E-state index contributed by atoms with van der Waals surface area (Å²) in [7, 11) is 0. The molecule has 2 rings (SSSR count). The van der Waals surface area contributed by atoms with Gasteiger partial charge in [-0.05, 0) is 17.0 Å². The van der Waals surface area contributed by atoms with E-state index in [-0.39, 0.29) is 0 Å². The molecule has 0 radical (unpaired) electrons. The fourth-order valence-corrected chi connectivity index (χ4v) is 1.97. The van der Waals surface area contributed by atoms with Gasteiger partial charge in [-0.2, -0.15) is 0 Å². The van der Waals surface area contributed by atoms with Gasteiger partial charge in [-0.1, -0.05) is 0 Å². The van der Waals surface area contributed by atoms with Crippen LogP contribution in [-0.4, -0.2) is 9.55 Å². The van der Waals surface area contributed by atoms with Crippen molar-refractivity contribution in [2.24, 2.45) is 5.73 Å². The van der Waals surface area contributed by atoms with Crippen LogP contribution >= 0.6 is 11.3 Å². The van der Waals surface area contributed by atoms with E-state index < -0.39 is 0 Å². The van der Waals surface area contributed by atoms with Crippen molar-refractivity contribution in [3.05, 3.63) is 40.6 Å². The topological polar surface area (TPSA) is 43.8 Å². The van der Waals surface area contributed by atoms with Crippen LogP contribution in [0.2, 0.25) is 0 Å². The smallest absolute Gasteiger partial charge is 0.0949 e. The van der Waals surface area contributed by atoms with Crippen molar-refractivity contribution in [3.8, 4) is 0 Å². The maximum absolute atomic E-state index is 5.53. The van der Waals surface area contributed by atoms with Crippen molar-refractivity contribution in [2.45, 2.75) is 13.1 Å². The summed E-state index contributed by atoms with van der Waals surface area (Å²) in [6.07, 6.45) is 5.57. The van der Waals surface area contributed by atoms with E-state index in [1.165, 1.54) is 10.4 Å². The van der Waals surface area contributed by atoms with Crippen LogP contribution in [0.5, 0.6) is 0 Å². The molecule has 2 heterocycles. The summed E-state index contributed by atoms with van der Waals surface area (Å²) < 4.78 is 2.04. The normalized spacial score (nSPS) is 10.5. The van der Waals surface area contributed by atoms with Gasteiger partial charge in [0.15, 0.2) is 0 Å². The van der Waals surface area contributed by atoms with Gasteiger partial charge < -0.3 is 10.3 Å². The molecule has 0 atom stereocenters. The molecule has 0 aliphatic heterocycles. The number of nitrogens with two attached hydrogens (primary N) is 1. The number of imidazole rings is 1. The average molecular weight is 193 g/mol. The Hall–Kier alpha value is -1.13. The van der Waals surface area contributed by atoms with E-state index in [0.717, 1.165) is 6.54 Å². The number of aromatic nitrogens is 2. The molecular weight excluding hydrogens is 182 g/mol. The van der Waals surface area contributed by atoms with Gasteiger partial charge in [0.1, 0.15) is 0 Å². The first kappa shape index (κ1) is 8.47. The Morgan fingerprint density at radius 1 is 1.54 bits per heavy atom. The van der Waals surface area contributed by atoms with Gasteiger partial charge in [-0.15, -0.1) is 11.3 Å². The number of rotatable bonds is 3. The summed E-state index contributed by atoms with van der Waals surface area (Å²) in [6, 6.07) is 2.14. The Kier molecular flexibility index (Phi) is 2.42. The van der Waals surface area contributed by atoms with Crippen LogP contribution in [0, 0.1) is 0 Å². The molecule has 2 aromatic heterocycles. The first-order valence-electron chi connectivity index (χ1n) is 4.10. The first-order valence-corrected chi connectivity index (χ1v) is 4.98. The van der Waals surface area contributed by atoms with Crippen LogP contribution < -0.4 is 5.73 Å². The zero-order valence-electron chi connectivity index (χ0n) is 7.18. The Labute approximate surface area is 80.8 Å². The molecule has 0 aliphatic carbocycles. The molecule has 68 valence electrons. The fourth-order valence-electron chi connectivity index (χ4n) is 1.21. The molecule has 0 aromatic carbocycles. The standard InChI is InChI=1S/C9H11N3S/c10-4-9-3-8(6-13-9)5-12-2-1-11-7-12/h1-3,6-7H,4-5,10H2. The summed E-state index contributed by atoms with van der Waals surface area (Å²) in [4.78, 5) is 5.22. The van der Waals surface area contributed by atoms with Crippen LogP contribution in [0.25, 0.3) is 0 Å². The average Bonchev–Trinajstić information content (AvgIpc) is 2.76. The van der Waals surface area contributed by atoms with E-state index in [9.17, 15) is 0 Å². The second-order valence-corrected chi connectivity index (χ2v) is 3.86. The lowest BCUT2D eigenvalue weighted by molar-refractivity contribution is 0.799. The lowest BCUT2D eigenvalue weighted by Gasteiger charge is -1.97. The SMILES string of the molecule is NCc1cc(Cn2ccnc2)cs1. The molecule has 3 nitrogen and oxygen atoms in total. The largest absolute Gasteiger partial charge is 0.333 e. The number of hydrogen-bond acceptors (Lipinski definition) is 3. The molecule has 0 fully saturated rings. The molecule has 2 N–H and O–H groups in total. The van der Waals surface area contributed by atoms with Crippen molar-refractivity contribution < 1.29 is 0 Å². The molecule has 0 unspecified atom stereocenters. The fraction of sp³-hybridized carbons (Fsp3) is 0.222. The van der Waals surface area contributed by atoms with Crippen molar-refractivity contribution in [1.82, 2.24) is 9.55 Å². The highest BCUT2D eigenvalue weighted by atomic mass is 32.1.